The number of rotatable bonds is 3. The third-order valence-corrected chi connectivity index (χ3v) is 2.55. The van der Waals surface area contributed by atoms with Crippen molar-refractivity contribution >= 4 is 5.69 Å². The Kier molecular flexibility index (Phi) is 2.85. The standard InChI is InChI=1S/C11H15N3O/c1-3-9-8-14(13-12-9)10-4-6-11(15-2)7-5-10/h4-7,9H,3,8H2,1-2H3. The number of hydrogen-bond donors (Lipinski definition) is 0. The van der Waals surface area contributed by atoms with Gasteiger partial charge >= 0.3 is 0 Å². The molecule has 0 bridgehead atoms. The lowest BCUT2D eigenvalue weighted by molar-refractivity contribution is 0.415. The molecule has 4 heteroatoms. The smallest absolute Gasteiger partial charge is 0.119 e. The molecule has 1 atom stereocenters. The Bertz CT molecular complexity index is 347. The second kappa shape index (κ2) is 4.29. The van der Waals surface area contributed by atoms with Crippen molar-refractivity contribution in [3.05, 3.63) is 24.3 Å². The molecule has 0 aromatic heterocycles. The van der Waals surface area contributed by atoms with Crippen molar-refractivity contribution in [2.75, 3.05) is 18.7 Å². The quantitative estimate of drug-likeness (QED) is 0.760. The molecule has 0 amide bonds. The highest BCUT2D eigenvalue weighted by molar-refractivity contribution is 5.48. The molecule has 0 fully saturated rings. The topological polar surface area (TPSA) is 37.2 Å². The van der Waals surface area contributed by atoms with Gasteiger partial charge in [0, 0.05) is 0 Å². The maximum atomic E-state index is 5.10. The fourth-order valence-electron chi connectivity index (χ4n) is 1.53. The molecule has 0 saturated heterocycles. The van der Waals surface area contributed by atoms with Crippen LogP contribution in [-0.4, -0.2) is 19.7 Å². The molecular formula is C11H15N3O. The maximum absolute atomic E-state index is 5.10. The van der Waals surface area contributed by atoms with E-state index in [1.807, 2.05) is 29.3 Å². The predicted molar refractivity (Wildman–Crippen MR) is 59.3 cm³/mol. The van der Waals surface area contributed by atoms with Gasteiger partial charge in [-0.05, 0) is 30.7 Å². The first-order valence-corrected chi connectivity index (χ1v) is 5.16. The zero-order valence-corrected chi connectivity index (χ0v) is 9.05. The largest absolute Gasteiger partial charge is 0.497 e. The molecule has 0 N–H and O–H groups in total. The van der Waals surface area contributed by atoms with Gasteiger partial charge in [0.2, 0.25) is 0 Å². The van der Waals surface area contributed by atoms with Gasteiger partial charge in [0.15, 0.2) is 0 Å². The fourth-order valence-corrected chi connectivity index (χ4v) is 1.53. The van der Waals surface area contributed by atoms with E-state index in [4.69, 9.17) is 4.74 Å². The van der Waals surface area contributed by atoms with Crippen LogP contribution in [0.15, 0.2) is 34.6 Å². The minimum absolute atomic E-state index is 0.340. The van der Waals surface area contributed by atoms with Crippen LogP contribution in [-0.2, 0) is 0 Å². The summed E-state index contributed by atoms with van der Waals surface area (Å²) in [6, 6.07) is 8.20. The second-order valence-electron chi connectivity index (χ2n) is 3.55. The van der Waals surface area contributed by atoms with E-state index in [9.17, 15) is 0 Å². The monoisotopic (exact) mass is 205 g/mol. The molecule has 2 rings (SSSR count). The van der Waals surface area contributed by atoms with Gasteiger partial charge in [-0.25, -0.2) is 5.01 Å². The predicted octanol–water partition coefficient (Wildman–Crippen LogP) is 2.66. The van der Waals surface area contributed by atoms with Gasteiger partial charge in [-0.2, -0.15) is 5.11 Å². The molecule has 0 radical (unpaired) electrons. The molecule has 0 spiro atoms. The first-order valence-electron chi connectivity index (χ1n) is 5.16. The van der Waals surface area contributed by atoms with E-state index in [2.05, 4.69) is 17.3 Å². The highest BCUT2D eigenvalue weighted by atomic mass is 16.5. The minimum Gasteiger partial charge on any atom is -0.497 e. The molecule has 1 heterocycles. The number of hydrogen-bond acceptors (Lipinski definition) is 4. The minimum atomic E-state index is 0.340. The third kappa shape index (κ3) is 2.09. The number of anilines is 1. The Labute approximate surface area is 89.5 Å². The van der Waals surface area contributed by atoms with Gasteiger partial charge in [-0.3, -0.25) is 0 Å². The average Bonchev–Trinajstić information content (AvgIpc) is 2.78. The molecule has 4 nitrogen and oxygen atoms in total. The number of methoxy groups -OCH3 is 1. The molecule has 1 aromatic rings. The Morgan fingerprint density at radius 3 is 2.67 bits per heavy atom. The normalized spacial score (nSPS) is 19.6. The lowest BCUT2D eigenvalue weighted by Gasteiger charge is -2.13. The van der Waals surface area contributed by atoms with E-state index < -0.39 is 0 Å². The van der Waals surface area contributed by atoms with Crippen LogP contribution < -0.4 is 9.75 Å². The summed E-state index contributed by atoms with van der Waals surface area (Å²) >= 11 is 0. The van der Waals surface area contributed by atoms with Crippen molar-refractivity contribution in [3.63, 3.8) is 0 Å². The van der Waals surface area contributed by atoms with E-state index in [1.54, 1.807) is 7.11 Å². The third-order valence-electron chi connectivity index (χ3n) is 2.55. The highest BCUT2D eigenvalue weighted by Gasteiger charge is 2.18. The Morgan fingerprint density at radius 1 is 1.40 bits per heavy atom. The summed E-state index contributed by atoms with van der Waals surface area (Å²) in [5, 5.41) is 10.2. The van der Waals surface area contributed by atoms with E-state index in [0.29, 0.717) is 6.04 Å². The number of ether oxygens (including phenoxy) is 1. The van der Waals surface area contributed by atoms with E-state index in [-0.39, 0.29) is 0 Å². The van der Waals surface area contributed by atoms with Crippen molar-refractivity contribution < 1.29 is 4.74 Å². The summed E-state index contributed by atoms with van der Waals surface area (Å²) in [5.41, 5.74) is 1.07. The van der Waals surface area contributed by atoms with Crippen LogP contribution in [0.1, 0.15) is 13.3 Å². The van der Waals surface area contributed by atoms with Crippen molar-refractivity contribution in [2.24, 2.45) is 10.3 Å². The van der Waals surface area contributed by atoms with Gasteiger partial charge in [0.25, 0.3) is 0 Å². The fraction of sp³-hybridized carbons (Fsp3) is 0.455. The van der Waals surface area contributed by atoms with Gasteiger partial charge < -0.3 is 4.74 Å². The molecule has 0 saturated carbocycles. The Hall–Kier alpha value is -1.58. The maximum Gasteiger partial charge on any atom is 0.119 e. The summed E-state index contributed by atoms with van der Waals surface area (Å²) in [4.78, 5) is 0. The van der Waals surface area contributed by atoms with Gasteiger partial charge in [-0.15, -0.1) is 0 Å². The van der Waals surface area contributed by atoms with E-state index in [1.165, 1.54) is 0 Å². The van der Waals surface area contributed by atoms with Gasteiger partial charge in [0.05, 0.1) is 25.4 Å². The molecule has 80 valence electrons. The van der Waals surface area contributed by atoms with Crippen LogP contribution in [0.3, 0.4) is 0 Å². The molecule has 1 aromatic carbocycles. The first kappa shape index (κ1) is 9.96. The molecule has 1 aliphatic heterocycles. The SMILES string of the molecule is CCC1CN(c2ccc(OC)cc2)N=N1. The van der Waals surface area contributed by atoms with E-state index >= 15 is 0 Å². The van der Waals surface area contributed by atoms with Gasteiger partial charge in [-0.1, -0.05) is 12.1 Å². The van der Waals surface area contributed by atoms with Crippen LogP contribution in [0.25, 0.3) is 0 Å². The summed E-state index contributed by atoms with van der Waals surface area (Å²) in [5.74, 6) is 0.863. The average molecular weight is 205 g/mol. The zero-order valence-electron chi connectivity index (χ0n) is 9.05. The summed E-state index contributed by atoms with van der Waals surface area (Å²) < 4.78 is 5.10. The Balaban J connectivity index is 2.08. The summed E-state index contributed by atoms with van der Waals surface area (Å²) in [6.45, 7) is 3.00. The molecule has 1 unspecified atom stereocenters. The molecular weight excluding hydrogens is 190 g/mol. The van der Waals surface area contributed by atoms with Crippen molar-refractivity contribution in [1.29, 1.82) is 0 Å². The molecule has 15 heavy (non-hydrogen) atoms. The van der Waals surface area contributed by atoms with Crippen molar-refractivity contribution in [1.82, 2.24) is 0 Å². The van der Waals surface area contributed by atoms with E-state index in [0.717, 1.165) is 24.4 Å². The zero-order chi connectivity index (χ0) is 10.7. The number of benzene rings is 1. The molecule has 0 aliphatic carbocycles. The first-order chi connectivity index (χ1) is 7.33. The van der Waals surface area contributed by atoms with Crippen LogP contribution in [0.5, 0.6) is 5.75 Å². The van der Waals surface area contributed by atoms with Crippen molar-refractivity contribution in [3.8, 4) is 5.75 Å². The van der Waals surface area contributed by atoms with Crippen molar-refractivity contribution in [2.45, 2.75) is 19.4 Å². The summed E-state index contributed by atoms with van der Waals surface area (Å²) in [7, 11) is 1.66. The van der Waals surface area contributed by atoms with Crippen LogP contribution in [0, 0.1) is 0 Å². The van der Waals surface area contributed by atoms with Crippen LogP contribution in [0.4, 0.5) is 5.69 Å². The van der Waals surface area contributed by atoms with Gasteiger partial charge in [0.1, 0.15) is 5.75 Å². The Morgan fingerprint density at radius 2 is 2.13 bits per heavy atom. The highest BCUT2D eigenvalue weighted by Crippen LogP contribution is 2.23. The lowest BCUT2D eigenvalue weighted by atomic mass is 10.2. The second-order valence-corrected chi connectivity index (χ2v) is 3.55. The van der Waals surface area contributed by atoms with Crippen LogP contribution in [0.2, 0.25) is 0 Å². The summed E-state index contributed by atoms with van der Waals surface area (Å²) in [6.07, 6.45) is 1.04. The van der Waals surface area contributed by atoms with Crippen LogP contribution >= 0.6 is 0 Å². The lowest BCUT2D eigenvalue weighted by Crippen LogP contribution is -2.19. The molecule has 1 aliphatic rings. The number of nitrogens with zero attached hydrogens (tertiary/aromatic N) is 3.